The molecule has 0 aliphatic heterocycles. The van der Waals surface area contributed by atoms with Gasteiger partial charge in [-0.05, 0) is 30.0 Å². The molecule has 0 aliphatic rings. The summed E-state index contributed by atoms with van der Waals surface area (Å²) in [7, 11) is 0. The minimum atomic E-state index is -0.814. The number of aliphatic hydroxyl groups excluding tert-OH is 1. The van der Waals surface area contributed by atoms with Crippen molar-refractivity contribution in [3.8, 4) is 0 Å². The Morgan fingerprint density at radius 3 is 2.07 bits per heavy atom. The van der Waals surface area contributed by atoms with Crippen LogP contribution in [0.5, 0.6) is 0 Å². The van der Waals surface area contributed by atoms with Gasteiger partial charge in [-0.1, -0.05) is 93.3 Å². The minimum absolute atomic E-state index is 0.282. The van der Waals surface area contributed by atoms with Crippen LogP contribution in [0.1, 0.15) is 83.1 Å². The number of carbonyl (C=O) groups excluding carboxylic acids is 2. The third-order valence-electron chi connectivity index (χ3n) is 4.94. The molecule has 0 bridgehead atoms. The second-order valence-corrected chi connectivity index (χ2v) is 8.76. The van der Waals surface area contributed by atoms with E-state index >= 15 is 0 Å². The van der Waals surface area contributed by atoms with Crippen LogP contribution in [-0.4, -0.2) is 30.1 Å². The number of rotatable bonds is 15. The number of hydrogen-bond donors (Lipinski definition) is 1. The number of esters is 1. The molecule has 1 aromatic rings. The zero-order chi connectivity index (χ0) is 20.8. The first-order valence-corrected chi connectivity index (χ1v) is 11.3. The Balaban J connectivity index is 2.40. The molecule has 0 aromatic heterocycles. The number of hydrogen-bond acceptors (Lipinski definition) is 4. The van der Waals surface area contributed by atoms with Crippen LogP contribution in [0.15, 0.2) is 28.7 Å². The molecule has 0 heterocycles. The van der Waals surface area contributed by atoms with Gasteiger partial charge >= 0.3 is 5.97 Å². The van der Waals surface area contributed by atoms with Crippen LogP contribution in [0.3, 0.4) is 0 Å². The molecule has 4 nitrogen and oxygen atoms in total. The first-order chi connectivity index (χ1) is 13.5. The van der Waals surface area contributed by atoms with Crippen molar-refractivity contribution < 1.29 is 19.4 Å². The van der Waals surface area contributed by atoms with Crippen molar-refractivity contribution in [2.45, 2.75) is 83.7 Å². The number of halogens is 1. The van der Waals surface area contributed by atoms with Gasteiger partial charge in [0.2, 0.25) is 0 Å². The number of aldehydes is 1. The molecular weight excluding hydrogens is 420 g/mol. The van der Waals surface area contributed by atoms with Crippen LogP contribution < -0.4 is 0 Å². The minimum Gasteiger partial charge on any atom is -0.457 e. The molecule has 28 heavy (non-hydrogen) atoms. The summed E-state index contributed by atoms with van der Waals surface area (Å²) in [5.74, 6) is -0.519. The Morgan fingerprint density at radius 1 is 1.00 bits per heavy atom. The standard InChI is InChI=1S/C23H35BrO4/c1-18(2)10-8-6-4-3-5-7-9-11-21(26)22(23(27)28-17-16-25)19-12-14-20(24)15-13-19/h12-16,18,21-22,26H,3-11,17H2,1-2H3. The largest absolute Gasteiger partial charge is 0.457 e. The summed E-state index contributed by atoms with van der Waals surface area (Å²) in [5, 5.41) is 10.6. The van der Waals surface area contributed by atoms with Crippen molar-refractivity contribution in [3.05, 3.63) is 34.3 Å². The van der Waals surface area contributed by atoms with Crippen LogP contribution in [0.25, 0.3) is 0 Å². The summed E-state index contributed by atoms with van der Waals surface area (Å²) in [6.07, 6.45) is 9.79. The van der Waals surface area contributed by atoms with Crippen LogP contribution in [0.4, 0.5) is 0 Å². The average Bonchev–Trinajstić information content (AvgIpc) is 2.66. The normalized spacial score (nSPS) is 13.3. The number of aliphatic hydroxyl groups is 1. The van der Waals surface area contributed by atoms with Gasteiger partial charge in [-0.2, -0.15) is 0 Å². The smallest absolute Gasteiger partial charge is 0.316 e. The number of ether oxygens (including phenoxy) is 1. The quantitative estimate of drug-likeness (QED) is 0.206. The summed E-state index contributed by atoms with van der Waals surface area (Å²) in [6.45, 7) is 4.25. The number of benzene rings is 1. The second kappa shape index (κ2) is 14.7. The molecule has 2 atom stereocenters. The number of unbranched alkanes of at least 4 members (excludes halogenated alkanes) is 6. The maximum absolute atomic E-state index is 12.4. The highest BCUT2D eigenvalue weighted by atomic mass is 79.9. The first-order valence-electron chi connectivity index (χ1n) is 10.5. The molecule has 5 heteroatoms. The molecule has 0 radical (unpaired) electrons. The fourth-order valence-electron chi connectivity index (χ4n) is 3.35. The van der Waals surface area contributed by atoms with E-state index in [1.165, 1.54) is 32.1 Å². The zero-order valence-electron chi connectivity index (χ0n) is 17.2. The summed E-state index contributed by atoms with van der Waals surface area (Å²) >= 11 is 3.37. The van der Waals surface area contributed by atoms with E-state index in [0.29, 0.717) is 18.3 Å². The second-order valence-electron chi connectivity index (χ2n) is 7.84. The fraction of sp³-hybridized carbons (Fsp3) is 0.652. The van der Waals surface area contributed by atoms with Gasteiger partial charge in [-0.25, -0.2) is 0 Å². The van der Waals surface area contributed by atoms with Gasteiger partial charge in [-0.15, -0.1) is 0 Å². The van der Waals surface area contributed by atoms with Crippen molar-refractivity contribution in [3.63, 3.8) is 0 Å². The maximum Gasteiger partial charge on any atom is 0.316 e. The van der Waals surface area contributed by atoms with Gasteiger partial charge in [-0.3, -0.25) is 9.59 Å². The van der Waals surface area contributed by atoms with Gasteiger partial charge < -0.3 is 9.84 Å². The van der Waals surface area contributed by atoms with E-state index in [1.807, 2.05) is 12.1 Å². The predicted molar refractivity (Wildman–Crippen MR) is 116 cm³/mol. The molecular formula is C23H35BrO4. The molecule has 1 N–H and O–H groups in total. The van der Waals surface area contributed by atoms with Crippen molar-refractivity contribution >= 4 is 28.2 Å². The van der Waals surface area contributed by atoms with Gasteiger partial charge in [0.15, 0.2) is 6.29 Å². The molecule has 1 rings (SSSR count). The summed E-state index contributed by atoms with van der Waals surface area (Å²) in [4.78, 5) is 22.9. The molecule has 0 saturated carbocycles. The lowest BCUT2D eigenvalue weighted by atomic mass is 9.90. The topological polar surface area (TPSA) is 63.6 Å². The van der Waals surface area contributed by atoms with Crippen LogP contribution in [0, 0.1) is 5.92 Å². The molecule has 158 valence electrons. The molecule has 1 aromatic carbocycles. The molecule has 2 unspecified atom stereocenters. The summed E-state index contributed by atoms with van der Waals surface area (Å²) < 4.78 is 5.88. The van der Waals surface area contributed by atoms with Gasteiger partial charge in [0.25, 0.3) is 0 Å². The Morgan fingerprint density at radius 2 is 1.54 bits per heavy atom. The molecule has 0 fully saturated rings. The zero-order valence-corrected chi connectivity index (χ0v) is 18.8. The Kier molecular flexibility index (Phi) is 13.1. The van der Waals surface area contributed by atoms with Gasteiger partial charge in [0.1, 0.15) is 12.5 Å². The van der Waals surface area contributed by atoms with E-state index in [-0.39, 0.29) is 6.61 Å². The van der Waals surface area contributed by atoms with E-state index in [0.717, 1.165) is 29.7 Å². The Labute approximate surface area is 178 Å². The predicted octanol–water partition coefficient (Wildman–Crippen LogP) is 5.80. The third kappa shape index (κ3) is 10.4. The van der Waals surface area contributed by atoms with Crippen LogP contribution >= 0.6 is 15.9 Å². The SMILES string of the molecule is CC(C)CCCCCCCCCC(O)C(C(=O)OCC=O)c1ccc(Br)cc1. The van der Waals surface area contributed by atoms with Crippen LogP contribution in [-0.2, 0) is 14.3 Å². The lowest BCUT2D eigenvalue weighted by Crippen LogP contribution is -2.28. The summed E-state index contributed by atoms with van der Waals surface area (Å²) in [5.41, 5.74) is 0.705. The third-order valence-corrected chi connectivity index (χ3v) is 5.47. The lowest BCUT2D eigenvalue weighted by molar-refractivity contribution is -0.150. The highest BCUT2D eigenvalue weighted by molar-refractivity contribution is 9.10. The Bertz CT molecular complexity index is 556. The summed E-state index contributed by atoms with van der Waals surface area (Å²) in [6, 6.07) is 7.28. The van der Waals surface area contributed by atoms with E-state index in [4.69, 9.17) is 4.74 Å². The molecule has 0 aliphatic carbocycles. The van der Waals surface area contributed by atoms with Gasteiger partial charge in [0, 0.05) is 4.47 Å². The highest BCUT2D eigenvalue weighted by Crippen LogP contribution is 2.26. The number of carbonyl (C=O) groups is 2. The van der Waals surface area contributed by atoms with Crippen molar-refractivity contribution in [2.75, 3.05) is 6.61 Å². The highest BCUT2D eigenvalue weighted by Gasteiger charge is 2.29. The van der Waals surface area contributed by atoms with Crippen molar-refractivity contribution in [2.24, 2.45) is 5.92 Å². The van der Waals surface area contributed by atoms with E-state index < -0.39 is 18.0 Å². The first kappa shape index (κ1) is 24.8. The average molecular weight is 455 g/mol. The van der Waals surface area contributed by atoms with Crippen molar-refractivity contribution in [1.82, 2.24) is 0 Å². The van der Waals surface area contributed by atoms with E-state index in [9.17, 15) is 14.7 Å². The van der Waals surface area contributed by atoms with Crippen LogP contribution in [0.2, 0.25) is 0 Å². The molecule has 0 spiro atoms. The van der Waals surface area contributed by atoms with E-state index in [1.54, 1.807) is 12.1 Å². The van der Waals surface area contributed by atoms with Crippen molar-refractivity contribution in [1.29, 1.82) is 0 Å². The fourth-order valence-corrected chi connectivity index (χ4v) is 3.61. The Hall–Kier alpha value is -1.20. The van der Waals surface area contributed by atoms with Gasteiger partial charge in [0.05, 0.1) is 6.10 Å². The molecule has 0 saturated heterocycles. The lowest BCUT2D eigenvalue weighted by Gasteiger charge is -2.21. The maximum atomic E-state index is 12.4. The molecule has 0 amide bonds. The monoisotopic (exact) mass is 454 g/mol. The van der Waals surface area contributed by atoms with E-state index in [2.05, 4.69) is 29.8 Å².